The van der Waals surface area contributed by atoms with Crippen LogP contribution in [0.1, 0.15) is 12.8 Å². The Labute approximate surface area is 140 Å². The monoisotopic (exact) mass is 330 g/mol. The van der Waals surface area contributed by atoms with Crippen molar-refractivity contribution in [1.82, 2.24) is 14.8 Å². The van der Waals surface area contributed by atoms with Gasteiger partial charge in [-0.1, -0.05) is 23.5 Å². The van der Waals surface area contributed by atoms with Crippen molar-refractivity contribution in [2.45, 2.75) is 18.9 Å². The molecule has 23 heavy (non-hydrogen) atoms. The number of para-hydroxylation sites is 1. The molecule has 5 nitrogen and oxygen atoms in total. The van der Waals surface area contributed by atoms with E-state index in [1.54, 1.807) is 11.3 Å². The van der Waals surface area contributed by atoms with E-state index in [0.29, 0.717) is 5.91 Å². The Kier molecular flexibility index (Phi) is 3.95. The van der Waals surface area contributed by atoms with Crippen molar-refractivity contribution in [2.75, 3.05) is 44.7 Å². The molecule has 0 N–H and O–H groups in total. The minimum absolute atomic E-state index is 0.101. The van der Waals surface area contributed by atoms with E-state index in [9.17, 15) is 4.79 Å². The van der Waals surface area contributed by atoms with E-state index < -0.39 is 0 Å². The van der Waals surface area contributed by atoms with Gasteiger partial charge < -0.3 is 9.80 Å². The van der Waals surface area contributed by atoms with Gasteiger partial charge in [-0.3, -0.25) is 9.69 Å². The number of hydrogen-bond donors (Lipinski definition) is 0. The molecule has 1 aromatic carbocycles. The second-order valence-electron chi connectivity index (χ2n) is 6.42. The first kappa shape index (κ1) is 14.9. The number of anilines is 1. The van der Waals surface area contributed by atoms with Gasteiger partial charge in [-0.05, 0) is 38.6 Å². The molecule has 0 radical (unpaired) electrons. The molecule has 3 heterocycles. The van der Waals surface area contributed by atoms with Crippen molar-refractivity contribution < 1.29 is 4.79 Å². The van der Waals surface area contributed by atoms with Crippen LogP contribution in [0.5, 0.6) is 0 Å². The third kappa shape index (κ3) is 2.81. The van der Waals surface area contributed by atoms with E-state index >= 15 is 0 Å². The van der Waals surface area contributed by atoms with Crippen LogP contribution in [0, 0.1) is 0 Å². The maximum Gasteiger partial charge on any atom is 0.240 e. The third-order valence-electron chi connectivity index (χ3n) is 4.95. The molecule has 1 amide bonds. The van der Waals surface area contributed by atoms with Crippen LogP contribution in [0.4, 0.5) is 5.13 Å². The molecular weight excluding hydrogens is 308 g/mol. The van der Waals surface area contributed by atoms with Gasteiger partial charge in [0.1, 0.15) is 0 Å². The van der Waals surface area contributed by atoms with Crippen LogP contribution in [0.25, 0.3) is 10.2 Å². The largest absolute Gasteiger partial charge is 0.345 e. The maximum absolute atomic E-state index is 12.6. The van der Waals surface area contributed by atoms with Gasteiger partial charge in [0.15, 0.2) is 5.13 Å². The summed E-state index contributed by atoms with van der Waals surface area (Å²) in [5.74, 6) is 0.314. The van der Waals surface area contributed by atoms with Gasteiger partial charge in [0.05, 0.1) is 16.3 Å². The number of likely N-dealkylation sites (tertiary alicyclic amines) is 1. The molecule has 122 valence electrons. The summed E-state index contributed by atoms with van der Waals surface area (Å²) in [5, 5.41) is 1.08. The molecular formula is C17H22N4OS. The van der Waals surface area contributed by atoms with Gasteiger partial charge in [0.25, 0.3) is 0 Å². The van der Waals surface area contributed by atoms with Crippen molar-refractivity contribution in [3.63, 3.8) is 0 Å². The molecule has 2 aromatic rings. The number of nitrogens with zero attached hydrogens (tertiary/aromatic N) is 4. The number of piperazine rings is 1. The summed E-state index contributed by atoms with van der Waals surface area (Å²) >= 11 is 1.74. The second-order valence-corrected chi connectivity index (χ2v) is 7.42. The van der Waals surface area contributed by atoms with Gasteiger partial charge >= 0.3 is 0 Å². The number of fused-ring (bicyclic) bond motifs is 1. The molecule has 1 aromatic heterocycles. The molecule has 2 saturated heterocycles. The highest BCUT2D eigenvalue weighted by Gasteiger charge is 2.33. The van der Waals surface area contributed by atoms with Gasteiger partial charge in [-0.2, -0.15) is 0 Å². The third-order valence-corrected chi connectivity index (χ3v) is 6.05. The fourth-order valence-electron chi connectivity index (χ4n) is 3.55. The highest BCUT2D eigenvalue weighted by atomic mass is 32.1. The minimum Gasteiger partial charge on any atom is -0.345 e. The zero-order valence-corrected chi connectivity index (χ0v) is 14.3. The average Bonchev–Trinajstić information content (AvgIpc) is 3.20. The summed E-state index contributed by atoms with van der Waals surface area (Å²) in [6.07, 6.45) is 2.14. The summed E-state index contributed by atoms with van der Waals surface area (Å²) < 4.78 is 1.23. The average molecular weight is 330 g/mol. The van der Waals surface area contributed by atoms with E-state index in [1.807, 2.05) is 11.0 Å². The highest BCUT2D eigenvalue weighted by molar-refractivity contribution is 7.22. The van der Waals surface area contributed by atoms with Crippen LogP contribution in [0.3, 0.4) is 0 Å². The molecule has 2 fully saturated rings. The van der Waals surface area contributed by atoms with Crippen LogP contribution in [0.2, 0.25) is 0 Å². The lowest BCUT2D eigenvalue weighted by atomic mass is 10.2. The number of aromatic nitrogens is 1. The summed E-state index contributed by atoms with van der Waals surface area (Å²) in [7, 11) is 2.06. The van der Waals surface area contributed by atoms with E-state index in [4.69, 9.17) is 4.98 Å². The number of hydrogen-bond acceptors (Lipinski definition) is 5. The Bertz CT molecular complexity index is 674. The fourth-order valence-corrected chi connectivity index (χ4v) is 4.56. The lowest BCUT2D eigenvalue weighted by Gasteiger charge is -2.36. The van der Waals surface area contributed by atoms with Crippen LogP contribution in [-0.2, 0) is 4.79 Å². The smallest absolute Gasteiger partial charge is 0.240 e. The molecule has 0 bridgehead atoms. The molecule has 2 aliphatic heterocycles. The molecule has 0 saturated carbocycles. The van der Waals surface area contributed by atoms with Crippen molar-refractivity contribution in [3.05, 3.63) is 24.3 Å². The first-order valence-electron chi connectivity index (χ1n) is 8.32. The van der Waals surface area contributed by atoms with E-state index in [-0.39, 0.29) is 6.04 Å². The van der Waals surface area contributed by atoms with Gasteiger partial charge in [0.2, 0.25) is 5.91 Å². The molecule has 1 unspecified atom stereocenters. The lowest BCUT2D eigenvalue weighted by Crippen LogP contribution is -2.53. The standard InChI is InChI=1S/C17H22N4OS/c1-19-8-4-6-14(19)16(22)20-9-11-21(12-10-20)17-18-13-5-2-3-7-15(13)23-17/h2-3,5,7,14H,4,6,8-12H2,1H3. The fraction of sp³-hybridized carbons (Fsp3) is 0.529. The number of carbonyl (C=O) groups excluding carboxylic acids is 1. The summed E-state index contributed by atoms with van der Waals surface area (Å²) in [6, 6.07) is 8.36. The number of likely N-dealkylation sites (N-methyl/N-ethyl adjacent to an activating group) is 1. The minimum atomic E-state index is 0.101. The van der Waals surface area contributed by atoms with Gasteiger partial charge in [0, 0.05) is 26.2 Å². The second kappa shape index (κ2) is 6.09. The van der Waals surface area contributed by atoms with Gasteiger partial charge in [-0.25, -0.2) is 4.98 Å². The van der Waals surface area contributed by atoms with Crippen LogP contribution >= 0.6 is 11.3 Å². The van der Waals surface area contributed by atoms with Crippen molar-refractivity contribution in [2.24, 2.45) is 0 Å². The number of benzene rings is 1. The maximum atomic E-state index is 12.6. The lowest BCUT2D eigenvalue weighted by molar-refractivity contribution is -0.135. The van der Waals surface area contributed by atoms with E-state index in [2.05, 4.69) is 35.0 Å². The zero-order chi connectivity index (χ0) is 15.8. The zero-order valence-electron chi connectivity index (χ0n) is 13.4. The predicted octanol–water partition coefficient (Wildman–Crippen LogP) is 2.04. The summed E-state index contributed by atoms with van der Waals surface area (Å²) in [4.78, 5) is 23.9. The first-order chi connectivity index (χ1) is 11.2. The Morgan fingerprint density at radius 2 is 1.96 bits per heavy atom. The van der Waals surface area contributed by atoms with Crippen LogP contribution in [0.15, 0.2) is 24.3 Å². The molecule has 4 rings (SSSR count). The Morgan fingerprint density at radius 1 is 1.17 bits per heavy atom. The van der Waals surface area contributed by atoms with Gasteiger partial charge in [-0.15, -0.1) is 0 Å². The molecule has 1 atom stereocenters. The van der Waals surface area contributed by atoms with Crippen molar-refractivity contribution >= 4 is 32.6 Å². The molecule has 0 aliphatic carbocycles. The molecule has 2 aliphatic rings. The highest BCUT2D eigenvalue weighted by Crippen LogP contribution is 2.29. The van der Waals surface area contributed by atoms with Crippen molar-refractivity contribution in [1.29, 1.82) is 0 Å². The normalized spacial score (nSPS) is 22.9. The summed E-state index contributed by atoms with van der Waals surface area (Å²) in [5.41, 5.74) is 1.07. The number of thiazole rings is 1. The molecule has 6 heteroatoms. The number of amides is 1. The Morgan fingerprint density at radius 3 is 2.65 bits per heavy atom. The SMILES string of the molecule is CN1CCCC1C(=O)N1CCN(c2nc3ccccc3s2)CC1. The predicted molar refractivity (Wildman–Crippen MR) is 94.1 cm³/mol. The molecule has 0 spiro atoms. The number of rotatable bonds is 2. The van der Waals surface area contributed by atoms with E-state index in [0.717, 1.165) is 56.2 Å². The Balaban J connectivity index is 1.41. The quantitative estimate of drug-likeness (QED) is 0.845. The topological polar surface area (TPSA) is 39.7 Å². The van der Waals surface area contributed by atoms with Crippen LogP contribution < -0.4 is 4.90 Å². The van der Waals surface area contributed by atoms with E-state index in [1.165, 1.54) is 4.70 Å². The summed E-state index contributed by atoms with van der Waals surface area (Å²) in [6.45, 7) is 4.41. The van der Waals surface area contributed by atoms with Crippen molar-refractivity contribution in [3.8, 4) is 0 Å². The Hall–Kier alpha value is -1.66. The number of carbonyl (C=O) groups is 1. The van der Waals surface area contributed by atoms with Crippen LogP contribution in [-0.4, -0.2) is 66.5 Å². The first-order valence-corrected chi connectivity index (χ1v) is 9.13.